The molecule has 3 heterocycles. The number of hydrogen-bond acceptors (Lipinski definition) is 9. The van der Waals surface area contributed by atoms with E-state index in [2.05, 4.69) is 10.6 Å². The van der Waals surface area contributed by atoms with Gasteiger partial charge in [0, 0.05) is 50.2 Å². The molecule has 1 aromatic heterocycles. The van der Waals surface area contributed by atoms with Crippen LogP contribution in [0.5, 0.6) is 5.75 Å². The van der Waals surface area contributed by atoms with Crippen molar-refractivity contribution in [3.8, 4) is 5.75 Å². The van der Waals surface area contributed by atoms with Crippen LogP contribution in [0.15, 0.2) is 48.0 Å². The Kier molecular flexibility index (Phi) is 8.66. The van der Waals surface area contributed by atoms with Gasteiger partial charge in [-0.1, -0.05) is 12.1 Å². The molecule has 0 radical (unpaired) electrons. The molecule has 0 saturated carbocycles. The fraction of sp³-hybridized carbons (Fsp3) is 0.370. The van der Waals surface area contributed by atoms with Crippen LogP contribution in [-0.2, 0) is 35.6 Å². The lowest BCUT2D eigenvalue weighted by Crippen LogP contribution is -2.44. The van der Waals surface area contributed by atoms with Gasteiger partial charge in [0.1, 0.15) is 11.9 Å². The van der Waals surface area contributed by atoms with E-state index in [1.165, 1.54) is 17.5 Å². The van der Waals surface area contributed by atoms with Crippen LogP contribution in [0.3, 0.4) is 0 Å². The molecule has 2 N–H and O–H groups in total. The Morgan fingerprint density at radius 3 is 2.40 bits per heavy atom. The largest absolute Gasteiger partial charge is 0.416 e. The molecule has 232 valence electrons. The second-order valence-electron chi connectivity index (χ2n) is 10.1. The number of piperazine rings is 1. The van der Waals surface area contributed by atoms with Gasteiger partial charge in [0.2, 0.25) is 0 Å². The summed E-state index contributed by atoms with van der Waals surface area (Å²) < 4.78 is 108. The highest BCUT2D eigenvalue weighted by Crippen LogP contribution is 2.37. The fourth-order valence-corrected chi connectivity index (χ4v) is 6.24. The Morgan fingerprint density at radius 2 is 1.72 bits per heavy atom. The lowest BCUT2D eigenvalue weighted by molar-refractivity contribution is -0.141. The number of rotatable bonds is 6. The first kappa shape index (κ1) is 31.1. The van der Waals surface area contributed by atoms with Crippen molar-refractivity contribution in [1.82, 2.24) is 20.5 Å². The first-order chi connectivity index (χ1) is 20.2. The summed E-state index contributed by atoms with van der Waals surface area (Å²) in [5.74, 6) is 0.267. The first-order valence-electron chi connectivity index (χ1n) is 13.1. The number of nitrogens with zero attached hydrogens (tertiary/aromatic N) is 3. The van der Waals surface area contributed by atoms with Crippen LogP contribution >= 0.6 is 11.3 Å². The zero-order valence-corrected chi connectivity index (χ0v) is 24.3. The number of hydrogen-bond donors (Lipinski definition) is 2. The Hall–Kier alpha value is -3.34. The van der Waals surface area contributed by atoms with E-state index in [4.69, 9.17) is 9.17 Å². The number of aromatic nitrogens is 1. The molecule has 16 heteroatoms. The van der Waals surface area contributed by atoms with Crippen molar-refractivity contribution in [3.63, 3.8) is 0 Å². The maximum atomic E-state index is 13.4. The smallest absolute Gasteiger partial charge is 0.382 e. The average Bonchev–Trinajstić information content (AvgIpc) is 3.31. The van der Waals surface area contributed by atoms with Crippen LogP contribution in [0.4, 0.5) is 31.5 Å². The predicted molar refractivity (Wildman–Crippen MR) is 150 cm³/mol. The molecule has 5 rings (SSSR count). The highest BCUT2D eigenvalue weighted by atomic mass is 32.2. The van der Waals surface area contributed by atoms with Gasteiger partial charge in [0.15, 0.2) is 5.13 Å². The molecule has 43 heavy (non-hydrogen) atoms. The number of halogens is 6. The molecule has 0 spiro atoms. The van der Waals surface area contributed by atoms with E-state index in [1.807, 2.05) is 16.3 Å². The van der Waals surface area contributed by atoms with Gasteiger partial charge in [-0.3, -0.25) is 10.6 Å². The summed E-state index contributed by atoms with van der Waals surface area (Å²) in [6, 6.07) is 6.63. The predicted octanol–water partition coefficient (Wildman–Crippen LogP) is 5.20. The van der Waals surface area contributed by atoms with Gasteiger partial charge >= 0.3 is 22.5 Å². The maximum Gasteiger partial charge on any atom is 0.416 e. The molecule has 8 nitrogen and oxygen atoms in total. The van der Waals surface area contributed by atoms with Crippen molar-refractivity contribution in [2.75, 3.05) is 37.3 Å². The number of alkyl halides is 6. The Morgan fingerprint density at radius 1 is 1.00 bits per heavy atom. The van der Waals surface area contributed by atoms with Crippen molar-refractivity contribution >= 4 is 32.7 Å². The molecule has 2 aliphatic heterocycles. The van der Waals surface area contributed by atoms with E-state index < -0.39 is 39.2 Å². The van der Waals surface area contributed by atoms with Crippen molar-refractivity contribution in [1.29, 1.82) is 0 Å². The van der Waals surface area contributed by atoms with Gasteiger partial charge in [-0.2, -0.15) is 34.8 Å². The van der Waals surface area contributed by atoms with Crippen LogP contribution in [0, 0.1) is 0 Å². The lowest BCUT2D eigenvalue weighted by Gasteiger charge is -2.34. The standard InChI is InChI=1S/C27H27F6N5O3S2/c1-43(39,40)41-23-4-2-3-18-14-34-24(35-15-20(18)23)22-16-42-25(36-22)38-11-9-37(10-12-38)8-7-17-13-19(26(28,29)30)5-6-21(17)27(31,32)33/h2-8,13,16,24,34-35H,9-12,14-15H2,1H3. The highest BCUT2D eigenvalue weighted by Gasteiger charge is 2.36. The van der Waals surface area contributed by atoms with E-state index in [1.54, 1.807) is 17.0 Å². The zero-order valence-electron chi connectivity index (χ0n) is 22.7. The van der Waals surface area contributed by atoms with Gasteiger partial charge in [0.25, 0.3) is 0 Å². The topological polar surface area (TPSA) is 86.8 Å². The van der Waals surface area contributed by atoms with E-state index in [-0.39, 0.29) is 11.9 Å². The van der Waals surface area contributed by atoms with Crippen molar-refractivity contribution < 1.29 is 38.9 Å². The minimum atomic E-state index is -4.79. The van der Waals surface area contributed by atoms with Gasteiger partial charge < -0.3 is 14.0 Å². The summed E-state index contributed by atoms with van der Waals surface area (Å²) in [7, 11) is -3.69. The number of anilines is 1. The third-order valence-electron chi connectivity index (χ3n) is 6.99. The number of benzene rings is 2. The summed E-state index contributed by atoms with van der Waals surface area (Å²) in [6.07, 6.45) is -6.40. The normalized spacial score (nSPS) is 18.5. The van der Waals surface area contributed by atoms with Crippen LogP contribution in [0.1, 0.15) is 39.7 Å². The van der Waals surface area contributed by atoms with Crippen LogP contribution < -0.4 is 19.7 Å². The van der Waals surface area contributed by atoms with Crippen LogP contribution in [0.2, 0.25) is 0 Å². The van der Waals surface area contributed by atoms with Crippen LogP contribution in [0.25, 0.3) is 6.08 Å². The Labute approximate surface area is 248 Å². The molecule has 0 bridgehead atoms. The second kappa shape index (κ2) is 12.0. The minimum Gasteiger partial charge on any atom is -0.382 e. The molecule has 0 aliphatic carbocycles. The van der Waals surface area contributed by atoms with Crippen LogP contribution in [-0.4, -0.2) is 50.7 Å². The summed E-state index contributed by atoms with van der Waals surface area (Å²) >= 11 is 1.43. The quantitative estimate of drug-likeness (QED) is 0.279. The summed E-state index contributed by atoms with van der Waals surface area (Å²) in [6.45, 7) is 2.69. The molecule has 1 unspecified atom stereocenters. The molecular weight excluding hydrogens is 620 g/mol. The molecule has 1 fully saturated rings. The monoisotopic (exact) mass is 647 g/mol. The maximum absolute atomic E-state index is 13.4. The third-order valence-corrected chi connectivity index (χ3v) is 8.39. The summed E-state index contributed by atoms with van der Waals surface area (Å²) in [4.78, 5) is 8.55. The zero-order chi connectivity index (χ0) is 31.0. The molecule has 1 atom stereocenters. The minimum absolute atomic E-state index is 0.267. The molecule has 2 aromatic carbocycles. The Bertz CT molecular complexity index is 1600. The second-order valence-corrected chi connectivity index (χ2v) is 12.5. The molecule has 3 aromatic rings. The molecule has 2 aliphatic rings. The fourth-order valence-electron chi connectivity index (χ4n) is 4.85. The van der Waals surface area contributed by atoms with Gasteiger partial charge in [-0.25, -0.2) is 4.98 Å². The lowest BCUT2D eigenvalue weighted by atomic mass is 10.0. The molecular formula is C27H27F6N5O3S2. The first-order valence-corrected chi connectivity index (χ1v) is 15.7. The van der Waals surface area contributed by atoms with Gasteiger partial charge in [-0.05, 0) is 47.7 Å². The summed E-state index contributed by atoms with van der Waals surface area (Å²) in [5, 5.41) is 9.36. The van der Waals surface area contributed by atoms with E-state index >= 15 is 0 Å². The van der Waals surface area contributed by atoms with E-state index in [9.17, 15) is 34.8 Å². The highest BCUT2D eigenvalue weighted by molar-refractivity contribution is 7.86. The van der Waals surface area contributed by atoms with Gasteiger partial charge in [0.05, 0.1) is 23.1 Å². The third kappa shape index (κ3) is 7.60. The van der Waals surface area contributed by atoms with Crippen molar-refractivity contribution in [2.24, 2.45) is 0 Å². The molecule has 0 amide bonds. The number of nitrogens with one attached hydrogen (secondary N) is 2. The Balaban J connectivity index is 1.21. The van der Waals surface area contributed by atoms with Crippen molar-refractivity contribution in [2.45, 2.75) is 31.6 Å². The average molecular weight is 648 g/mol. The SMILES string of the molecule is CS(=O)(=O)Oc1cccc2c1CNC(c1csc(N3CCN(C=Cc4cc(C(F)(F)F)ccc4C(F)(F)F)CC3)n1)NC2. The van der Waals surface area contributed by atoms with E-state index in [0.29, 0.717) is 57.5 Å². The number of fused-ring (bicyclic) bond motifs is 1. The number of thiazole rings is 1. The van der Waals surface area contributed by atoms with E-state index in [0.717, 1.165) is 34.3 Å². The molecule has 1 saturated heterocycles. The van der Waals surface area contributed by atoms with Gasteiger partial charge in [-0.15, -0.1) is 11.3 Å². The summed E-state index contributed by atoms with van der Waals surface area (Å²) in [5.41, 5.74) is -0.458. The van der Waals surface area contributed by atoms with Crippen molar-refractivity contribution in [3.05, 3.63) is 81.5 Å².